The highest BCUT2D eigenvalue weighted by molar-refractivity contribution is 5.74. The maximum Gasteiger partial charge on any atom is 0.309 e. The minimum Gasteiger partial charge on any atom is -0.481 e. The van der Waals surface area contributed by atoms with Crippen LogP contribution in [0.25, 0.3) is 0 Å². The van der Waals surface area contributed by atoms with Crippen molar-refractivity contribution < 1.29 is 9.90 Å². The molecule has 0 amide bonds. The summed E-state index contributed by atoms with van der Waals surface area (Å²) in [6.07, 6.45) is 2.25. The average Bonchev–Trinajstić information content (AvgIpc) is 2.47. The lowest BCUT2D eigenvalue weighted by atomic mass is 9.76. The van der Waals surface area contributed by atoms with E-state index >= 15 is 0 Å². The Labute approximate surface area is 121 Å². The van der Waals surface area contributed by atoms with Gasteiger partial charge in [0.05, 0.1) is 5.41 Å². The number of carboxylic acids is 1. The molecule has 0 spiro atoms. The van der Waals surface area contributed by atoms with E-state index in [4.69, 9.17) is 0 Å². The van der Waals surface area contributed by atoms with Crippen LogP contribution < -0.4 is 0 Å². The van der Waals surface area contributed by atoms with Gasteiger partial charge in [-0.2, -0.15) is 0 Å². The van der Waals surface area contributed by atoms with Gasteiger partial charge in [-0.15, -0.1) is 0 Å². The molecule has 0 aromatic heterocycles. The van der Waals surface area contributed by atoms with Crippen LogP contribution in [0.3, 0.4) is 0 Å². The number of hydrogen-bond acceptors (Lipinski definition) is 2. The van der Waals surface area contributed by atoms with E-state index in [1.54, 1.807) is 0 Å². The normalized spacial score (nSPS) is 20.6. The van der Waals surface area contributed by atoms with Crippen molar-refractivity contribution in [3.8, 4) is 0 Å². The number of carbonyl (C=O) groups is 1. The molecule has 1 aliphatic heterocycles. The quantitative estimate of drug-likeness (QED) is 0.912. The fourth-order valence-corrected chi connectivity index (χ4v) is 3.31. The molecule has 20 heavy (non-hydrogen) atoms. The molecule has 0 saturated carbocycles. The third kappa shape index (κ3) is 2.73. The molecule has 0 radical (unpaired) electrons. The number of nitrogens with zero attached hydrogens (tertiary/aromatic N) is 1. The van der Waals surface area contributed by atoms with Gasteiger partial charge in [0.15, 0.2) is 0 Å². The molecule has 0 aliphatic carbocycles. The lowest BCUT2D eigenvalue weighted by molar-refractivity contribution is -0.152. The van der Waals surface area contributed by atoms with Gasteiger partial charge in [0.1, 0.15) is 0 Å². The van der Waals surface area contributed by atoms with Crippen LogP contribution in [0.2, 0.25) is 0 Å². The number of benzene rings is 1. The molecule has 0 bridgehead atoms. The minimum atomic E-state index is -0.622. The molecule has 1 aromatic rings. The molecule has 110 valence electrons. The van der Waals surface area contributed by atoms with E-state index in [0.29, 0.717) is 6.04 Å². The predicted octanol–water partition coefficient (Wildman–Crippen LogP) is 3.63. The topological polar surface area (TPSA) is 40.5 Å². The van der Waals surface area contributed by atoms with Crippen LogP contribution in [0, 0.1) is 12.3 Å². The Morgan fingerprint density at radius 2 is 1.95 bits per heavy atom. The molecule has 1 atom stereocenters. The molecule has 1 heterocycles. The first-order chi connectivity index (χ1) is 9.50. The zero-order chi connectivity index (χ0) is 14.8. The Balaban J connectivity index is 2.07. The van der Waals surface area contributed by atoms with Crippen molar-refractivity contribution >= 4 is 5.97 Å². The molecular formula is C17H25NO2. The van der Waals surface area contributed by atoms with Crippen LogP contribution in [0.15, 0.2) is 24.3 Å². The summed E-state index contributed by atoms with van der Waals surface area (Å²) in [7, 11) is 0. The molecule has 2 rings (SSSR count). The SMILES string of the molecule is CCC1(C(=O)O)CCN(C(C)c2ccccc2C)CC1. The van der Waals surface area contributed by atoms with Crippen molar-refractivity contribution in [1.82, 2.24) is 4.90 Å². The monoisotopic (exact) mass is 275 g/mol. The first-order valence-corrected chi connectivity index (χ1v) is 7.53. The molecule has 3 nitrogen and oxygen atoms in total. The second-order valence-electron chi connectivity index (χ2n) is 6.01. The summed E-state index contributed by atoms with van der Waals surface area (Å²) in [5.41, 5.74) is 2.17. The smallest absolute Gasteiger partial charge is 0.309 e. The number of hydrogen-bond donors (Lipinski definition) is 1. The molecule has 1 unspecified atom stereocenters. The van der Waals surface area contributed by atoms with Gasteiger partial charge in [-0.05, 0) is 57.3 Å². The number of aliphatic carboxylic acids is 1. The van der Waals surface area contributed by atoms with E-state index in [-0.39, 0.29) is 0 Å². The number of rotatable bonds is 4. The molecule has 1 N–H and O–H groups in total. The van der Waals surface area contributed by atoms with Crippen molar-refractivity contribution in [3.63, 3.8) is 0 Å². The minimum absolute atomic E-state index is 0.361. The molecule has 1 saturated heterocycles. The highest BCUT2D eigenvalue weighted by atomic mass is 16.4. The Morgan fingerprint density at radius 3 is 2.45 bits per heavy atom. The second kappa shape index (κ2) is 5.96. The molecule has 1 aliphatic rings. The van der Waals surface area contributed by atoms with Gasteiger partial charge in [-0.1, -0.05) is 31.2 Å². The van der Waals surface area contributed by atoms with Crippen LogP contribution in [0.1, 0.15) is 50.3 Å². The van der Waals surface area contributed by atoms with Crippen LogP contribution in [0.5, 0.6) is 0 Å². The Kier molecular flexibility index (Phi) is 4.48. The van der Waals surface area contributed by atoms with Crippen LogP contribution >= 0.6 is 0 Å². The number of aryl methyl sites for hydroxylation is 1. The van der Waals surface area contributed by atoms with Gasteiger partial charge in [0, 0.05) is 6.04 Å². The van der Waals surface area contributed by atoms with Crippen molar-refractivity contribution in [3.05, 3.63) is 35.4 Å². The van der Waals surface area contributed by atoms with Gasteiger partial charge in [-0.25, -0.2) is 0 Å². The first-order valence-electron chi connectivity index (χ1n) is 7.53. The summed E-state index contributed by atoms with van der Waals surface area (Å²) < 4.78 is 0. The fraction of sp³-hybridized carbons (Fsp3) is 0.588. The van der Waals surface area contributed by atoms with Crippen LogP contribution in [0.4, 0.5) is 0 Å². The highest BCUT2D eigenvalue weighted by Crippen LogP contribution is 2.38. The summed E-state index contributed by atoms with van der Waals surface area (Å²) in [6.45, 7) is 8.10. The largest absolute Gasteiger partial charge is 0.481 e. The van der Waals surface area contributed by atoms with E-state index < -0.39 is 11.4 Å². The van der Waals surface area contributed by atoms with Gasteiger partial charge >= 0.3 is 5.97 Å². The van der Waals surface area contributed by atoms with Crippen molar-refractivity contribution in [2.45, 2.75) is 46.1 Å². The van der Waals surface area contributed by atoms with Gasteiger partial charge in [-0.3, -0.25) is 9.69 Å². The molecular weight excluding hydrogens is 250 g/mol. The summed E-state index contributed by atoms with van der Waals surface area (Å²) in [5.74, 6) is -0.622. The third-order valence-corrected chi connectivity index (χ3v) is 5.07. The van der Waals surface area contributed by atoms with E-state index in [9.17, 15) is 9.90 Å². The maximum absolute atomic E-state index is 11.5. The van der Waals surface area contributed by atoms with Gasteiger partial charge in [0.25, 0.3) is 0 Å². The zero-order valence-corrected chi connectivity index (χ0v) is 12.7. The lowest BCUT2D eigenvalue weighted by Gasteiger charge is -2.41. The fourth-order valence-electron chi connectivity index (χ4n) is 3.31. The van der Waals surface area contributed by atoms with Crippen molar-refractivity contribution in [1.29, 1.82) is 0 Å². The van der Waals surface area contributed by atoms with Crippen LogP contribution in [-0.2, 0) is 4.79 Å². The molecule has 3 heteroatoms. The Morgan fingerprint density at radius 1 is 1.35 bits per heavy atom. The Hall–Kier alpha value is -1.35. The molecule has 1 aromatic carbocycles. The Bertz CT molecular complexity index is 476. The third-order valence-electron chi connectivity index (χ3n) is 5.07. The summed E-state index contributed by atoms with van der Waals surface area (Å²) in [6, 6.07) is 8.83. The second-order valence-corrected chi connectivity index (χ2v) is 6.01. The lowest BCUT2D eigenvalue weighted by Crippen LogP contribution is -2.44. The predicted molar refractivity (Wildman–Crippen MR) is 80.8 cm³/mol. The number of likely N-dealkylation sites (tertiary alicyclic amines) is 1. The van der Waals surface area contributed by atoms with E-state index in [1.165, 1.54) is 11.1 Å². The highest BCUT2D eigenvalue weighted by Gasteiger charge is 2.40. The summed E-state index contributed by atoms with van der Waals surface area (Å²) in [4.78, 5) is 13.9. The van der Waals surface area contributed by atoms with Gasteiger partial charge < -0.3 is 5.11 Å². The first kappa shape index (κ1) is 15.0. The van der Waals surface area contributed by atoms with E-state index in [2.05, 4.69) is 43.0 Å². The van der Waals surface area contributed by atoms with Crippen LogP contribution in [-0.4, -0.2) is 29.1 Å². The van der Waals surface area contributed by atoms with E-state index in [0.717, 1.165) is 32.4 Å². The van der Waals surface area contributed by atoms with E-state index in [1.807, 2.05) is 6.92 Å². The number of piperidine rings is 1. The summed E-state index contributed by atoms with van der Waals surface area (Å²) >= 11 is 0. The van der Waals surface area contributed by atoms with Gasteiger partial charge in [0.2, 0.25) is 0 Å². The van der Waals surface area contributed by atoms with Crippen molar-refractivity contribution in [2.24, 2.45) is 5.41 Å². The number of carboxylic acid groups (broad SMARTS) is 1. The maximum atomic E-state index is 11.5. The standard InChI is InChI=1S/C17H25NO2/c1-4-17(16(19)20)9-11-18(12-10-17)14(3)15-8-6-5-7-13(15)2/h5-8,14H,4,9-12H2,1-3H3,(H,19,20). The average molecular weight is 275 g/mol. The summed E-state index contributed by atoms with van der Waals surface area (Å²) in [5, 5.41) is 9.46. The zero-order valence-electron chi connectivity index (χ0n) is 12.7. The van der Waals surface area contributed by atoms with Crippen molar-refractivity contribution in [2.75, 3.05) is 13.1 Å². The molecule has 1 fully saturated rings.